The summed E-state index contributed by atoms with van der Waals surface area (Å²) in [5.74, 6) is 0. The Labute approximate surface area is 105 Å². The normalized spacial score (nSPS) is 10.9. The third-order valence-corrected chi connectivity index (χ3v) is 3.14. The first-order valence-corrected chi connectivity index (χ1v) is 6.46. The fourth-order valence-electron chi connectivity index (χ4n) is 1.45. The molecule has 0 fully saturated rings. The van der Waals surface area contributed by atoms with Crippen LogP contribution in [0.15, 0.2) is 40.8 Å². The monoisotopic (exact) mass is 245 g/mol. The number of benzene rings is 1. The van der Waals surface area contributed by atoms with Crippen LogP contribution < -0.4 is 5.43 Å². The number of anilines is 1. The molecule has 1 N–H and O–H groups in total. The first kappa shape index (κ1) is 11.8. The number of aryl methyl sites for hydroxylation is 2. The number of rotatable bonds is 5. The Morgan fingerprint density at radius 3 is 2.88 bits per heavy atom. The first-order chi connectivity index (χ1) is 8.34. The zero-order chi connectivity index (χ0) is 11.9. The maximum Gasteiger partial charge on any atom is 0.203 e. The molecule has 0 amide bonds. The van der Waals surface area contributed by atoms with Crippen LogP contribution >= 0.6 is 11.3 Å². The highest BCUT2D eigenvalue weighted by atomic mass is 32.1. The van der Waals surface area contributed by atoms with E-state index in [4.69, 9.17) is 0 Å². The molecular weight excluding hydrogens is 230 g/mol. The van der Waals surface area contributed by atoms with E-state index in [0.717, 1.165) is 23.7 Å². The maximum atomic E-state index is 4.26. The average Bonchev–Trinajstić information content (AvgIpc) is 2.76. The number of thiazole rings is 1. The molecule has 0 aliphatic heterocycles. The summed E-state index contributed by atoms with van der Waals surface area (Å²) < 4.78 is 0. The smallest absolute Gasteiger partial charge is 0.203 e. The lowest BCUT2D eigenvalue weighted by atomic mass is 10.1. The summed E-state index contributed by atoms with van der Waals surface area (Å²) in [4.78, 5) is 4.26. The zero-order valence-electron chi connectivity index (χ0n) is 9.76. The van der Waals surface area contributed by atoms with Gasteiger partial charge in [0.2, 0.25) is 5.13 Å². The molecule has 4 heteroatoms. The molecule has 0 atom stereocenters. The highest BCUT2D eigenvalue weighted by Crippen LogP contribution is 2.13. The standard InChI is InChI=1S/C13H15N3S/c1-11-10-17-13(15-11)16-14-9-5-8-12-6-3-2-4-7-12/h2-4,6-7,9-10H,5,8H2,1H3,(H,15,16)/b14-9+. The van der Waals surface area contributed by atoms with Gasteiger partial charge in [0.25, 0.3) is 0 Å². The van der Waals surface area contributed by atoms with Crippen LogP contribution in [0.1, 0.15) is 17.7 Å². The summed E-state index contributed by atoms with van der Waals surface area (Å²) in [6.45, 7) is 1.97. The molecule has 1 aromatic heterocycles. The second kappa shape index (κ2) is 6.15. The van der Waals surface area contributed by atoms with E-state index in [1.807, 2.05) is 24.6 Å². The predicted molar refractivity (Wildman–Crippen MR) is 73.7 cm³/mol. The van der Waals surface area contributed by atoms with E-state index in [1.165, 1.54) is 5.56 Å². The van der Waals surface area contributed by atoms with Crippen molar-refractivity contribution in [3.05, 3.63) is 47.0 Å². The van der Waals surface area contributed by atoms with E-state index in [9.17, 15) is 0 Å². The summed E-state index contributed by atoms with van der Waals surface area (Å²) in [6.07, 6.45) is 3.84. The van der Waals surface area contributed by atoms with Crippen LogP contribution in [0, 0.1) is 6.92 Å². The van der Waals surface area contributed by atoms with E-state index in [2.05, 4.69) is 39.8 Å². The molecular formula is C13H15N3S. The highest BCUT2D eigenvalue weighted by Gasteiger charge is 1.94. The molecule has 17 heavy (non-hydrogen) atoms. The Morgan fingerprint density at radius 2 is 2.18 bits per heavy atom. The second-order valence-electron chi connectivity index (χ2n) is 3.74. The summed E-state index contributed by atoms with van der Waals surface area (Å²) in [5, 5.41) is 6.99. The number of nitrogens with one attached hydrogen (secondary N) is 1. The van der Waals surface area contributed by atoms with Gasteiger partial charge in [-0.3, -0.25) is 5.43 Å². The topological polar surface area (TPSA) is 37.3 Å². The Morgan fingerprint density at radius 1 is 1.35 bits per heavy atom. The fourth-order valence-corrected chi connectivity index (χ4v) is 2.08. The molecule has 3 nitrogen and oxygen atoms in total. The molecule has 1 aromatic carbocycles. The summed E-state index contributed by atoms with van der Waals surface area (Å²) in [6, 6.07) is 10.4. The van der Waals surface area contributed by atoms with Crippen molar-refractivity contribution in [2.24, 2.45) is 5.10 Å². The fraction of sp³-hybridized carbons (Fsp3) is 0.231. The Kier molecular flexibility index (Phi) is 4.27. The maximum absolute atomic E-state index is 4.26. The third kappa shape index (κ3) is 4.00. The molecule has 1 heterocycles. The number of hydrazone groups is 1. The van der Waals surface area contributed by atoms with Gasteiger partial charge in [-0.05, 0) is 25.3 Å². The van der Waals surface area contributed by atoms with Crippen molar-refractivity contribution < 1.29 is 0 Å². The molecule has 88 valence electrons. The minimum absolute atomic E-state index is 0.846. The van der Waals surface area contributed by atoms with E-state index < -0.39 is 0 Å². The van der Waals surface area contributed by atoms with Crippen molar-refractivity contribution in [1.82, 2.24) is 4.98 Å². The summed E-state index contributed by atoms with van der Waals surface area (Å²) in [5.41, 5.74) is 5.29. The van der Waals surface area contributed by atoms with Gasteiger partial charge in [0, 0.05) is 11.6 Å². The lowest BCUT2D eigenvalue weighted by molar-refractivity contribution is 1.05. The first-order valence-electron chi connectivity index (χ1n) is 5.58. The van der Waals surface area contributed by atoms with Gasteiger partial charge in [-0.15, -0.1) is 11.3 Å². The number of hydrogen-bond acceptors (Lipinski definition) is 4. The van der Waals surface area contributed by atoms with Crippen LogP contribution in [-0.4, -0.2) is 11.2 Å². The summed E-state index contributed by atoms with van der Waals surface area (Å²) in [7, 11) is 0. The van der Waals surface area contributed by atoms with E-state index in [1.54, 1.807) is 11.3 Å². The Balaban J connectivity index is 1.72. The molecule has 0 aliphatic rings. The van der Waals surface area contributed by atoms with Crippen LogP contribution in [0.3, 0.4) is 0 Å². The highest BCUT2D eigenvalue weighted by molar-refractivity contribution is 7.13. The molecule has 0 saturated carbocycles. The molecule has 0 saturated heterocycles. The van der Waals surface area contributed by atoms with Gasteiger partial charge in [-0.2, -0.15) is 5.10 Å². The van der Waals surface area contributed by atoms with Gasteiger partial charge < -0.3 is 0 Å². The minimum atomic E-state index is 0.846. The van der Waals surface area contributed by atoms with Gasteiger partial charge >= 0.3 is 0 Å². The Bertz CT molecular complexity index is 476. The van der Waals surface area contributed by atoms with E-state index >= 15 is 0 Å². The van der Waals surface area contributed by atoms with Gasteiger partial charge in [-0.1, -0.05) is 30.3 Å². The largest absolute Gasteiger partial charge is 0.253 e. The number of hydrogen-bond donors (Lipinski definition) is 1. The molecule has 2 aromatic rings. The van der Waals surface area contributed by atoms with Crippen molar-refractivity contribution in [3.8, 4) is 0 Å². The molecule has 0 radical (unpaired) electrons. The van der Waals surface area contributed by atoms with Crippen molar-refractivity contribution in [1.29, 1.82) is 0 Å². The van der Waals surface area contributed by atoms with Crippen molar-refractivity contribution in [2.45, 2.75) is 19.8 Å². The number of nitrogens with zero attached hydrogens (tertiary/aromatic N) is 2. The molecule has 0 aliphatic carbocycles. The van der Waals surface area contributed by atoms with Gasteiger partial charge in [-0.25, -0.2) is 4.98 Å². The van der Waals surface area contributed by atoms with Gasteiger partial charge in [0.05, 0.1) is 5.69 Å². The molecule has 0 unspecified atom stereocenters. The van der Waals surface area contributed by atoms with Gasteiger partial charge in [0.1, 0.15) is 0 Å². The second-order valence-corrected chi connectivity index (χ2v) is 4.60. The third-order valence-electron chi connectivity index (χ3n) is 2.28. The van der Waals surface area contributed by atoms with Crippen LogP contribution in [0.4, 0.5) is 5.13 Å². The number of aromatic nitrogens is 1. The summed E-state index contributed by atoms with van der Waals surface area (Å²) >= 11 is 1.57. The van der Waals surface area contributed by atoms with Gasteiger partial charge in [0.15, 0.2) is 0 Å². The lowest BCUT2D eigenvalue weighted by Gasteiger charge is -1.96. The van der Waals surface area contributed by atoms with E-state index in [-0.39, 0.29) is 0 Å². The van der Waals surface area contributed by atoms with Crippen molar-refractivity contribution in [3.63, 3.8) is 0 Å². The average molecular weight is 245 g/mol. The van der Waals surface area contributed by atoms with E-state index in [0.29, 0.717) is 0 Å². The molecule has 0 spiro atoms. The minimum Gasteiger partial charge on any atom is -0.253 e. The molecule has 2 rings (SSSR count). The molecule has 0 bridgehead atoms. The quantitative estimate of drug-likeness (QED) is 0.647. The van der Waals surface area contributed by atoms with Crippen molar-refractivity contribution >= 4 is 22.7 Å². The SMILES string of the molecule is Cc1csc(N/N=C/CCc2ccccc2)n1. The van der Waals surface area contributed by atoms with Crippen LogP contribution in [0.2, 0.25) is 0 Å². The Hall–Kier alpha value is -1.68. The van der Waals surface area contributed by atoms with Crippen LogP contribution in [-0.2, 0) is 6.42 Å². The zero-order valence-corrected chi connectivity index (χ0v) is 10.6. The predicted octanol–water partition coefficient (Wildman–Crippen LogP) is 3.48. The van der Waals surface area contributed by atoms with Crippen LogP contribution in [0.5, 0.6) is 0 Å². The van der Waals surface area contributed by atoms with Crippen LogP contribution in [0.25, 0.3) is 0 Å². The van der Waals surface area contributed by atoms with Crippen molar-refractivity contribution in [2.75, 3.05) is 5.43 Å². The lowest BCUT2D eigenvalue weighted by Crippen LogP contribution is -1.90.